The van der Waals surface area contributed by atoms with Crippen LogP contribution in [0.5, 0.6) is 0 Å². The SMILES string of the molecule is NC(=O)c1ccc(NC(=O)C2CNC(=O)CN2)cc1. The second-order valence-corrected chi connectivity index (χ2v) is 4.17. The number of amides is 3. The molecule has 100 valence electrons. The molecule has 1 heterocycles. The summed E-state index contributed by atoms with van der Waals surface area (Å²) in [6.45, 7) is 0.378. The zero-order chi connectivity index (χ0) is 13.8. The lowest BCUT2D eigenvalue weighted by atomic mass is 10.2. The molecule has 1 fully saturated rings. The maximum Gasteiger partial charge on any atom is 0.248 e. The van der Waals surface area contributed by atoms with Gasteiger partial charge in [0.25, 0.3) is 0 Å². The third-order valence-electron chi connectivity index (χ3n) is 2.77. The van der Waals surface area contributed by atoms with Crippen LogP contribution in [0.3, 0.4) is 0 Å². The van der Waals surface area contributed by atoms with Gasteiger partial charge in [0, 0.05) is 17.8 Å². The van der Waals surface area contributed by atoms with Crippen molar-refractivity contribution in [3.05, 3.63) is 29.8 Å². The van der Waals surface area contributed by atoms with Crippen molar-refractivity contribution in [3.8, 4) is 0 Å². The average molecular weight is 262 g/mol. The van der Waals surface area contributed by atoms with Crippen LogP contribution in [0, 0.1) is 0 Å². The van der Waals surface area contributed by atoms with E-state index in [2.05, 4.69) is 16.0 Å². The summed E-state index contributed by atoms with van der Waals surface area (Å²) >= 11 is 0. The minimum absolute atomic E-state index is 0.124. The molecule has 0 spiro atoms. The van der Waals surface area contributed by atoms with Crippen molar-refractivity contribution >= 4 is 23.4 Å². The molecule has 1 saturated heterocycles. The largest absolute Gasteiger partial charge is 0.366 e. The number of hydrogen-bond acceptors (Lipinski definition) is 4. The number of primary amides is 1. The molecule has 0 saturated carbocycles. The summed E-state index contributed by atoms with van der Waals surface area (Å²) in [6, 6.07) is 5.80. The molecule has 1 aliphatic heterocycles. The number of rotatable bonds is 3. The van der Waals surface area contributed by atoms with E-state index >= 15 is 0 Å². The number of carbonyl (C=O) groups excluding carboxylic acids is 3. The average Bonchev–Trinajstić information content (AvgIpc) is 2.40. The van der Waals surface area contributed by atoms with Gasteiger partial charge in [-0.2, -0.15) is 0 Å². The minimum atomic E-state index is -0.519. The monoisotopic (exact) mass is 262 g/mol. The lowest BCUT2D eigenvalue weighted by Gasteiger charge is -2.23. The molecule has 1 aliphatic rings. The first-order valence-electron chi connectivity index (χ1n) is 5.77. The molecule has 1 unspecified atom stereocenters. The number of nitrogens with one attached hydrogen (secondary N) is 3. The van der Waals surface area contributed by atoms with E-state index in [1.54, 1.807) is 12.1 Å². The Hall–Kier alpha value is -2.41. The van der Waals surface area contributed by atoms with Crippen LogP contribution in [0.25, 0.3) is 0 Å². The quantitative estimate of drug-likeness (QED) is 0.548. The Bertz CT molecular complexity index is 502. The first-order chi connectivity index (χ1) is 9.06. The number of benzene rings is 1. The van der Waals surface area contributed by atoms with Crippen LogP contribution in [0.4, 0.5) is 5.69 Å². The van der Waals surface area contributed by atoms with E-state index in [1.807, 2.05) is 0 Å². The van der Waals surface area contributed by atoms with Crippen molar-refractivity contribution in [1.82, 2.24) is 10.6 Å². The standard InChI is InChI=1S/C12H14N4O3/c13-11(18)7-1-3-8(4-2-7)16-12(19)9-5-15-10(17)6-14-9/h1-4,9,14H,5-6H2,(H2,13,18)(H,15,17)(H,16,19). The van der Waals surface area contributed by atoms with Crippen molar-refractivity contribution in [2.75, 3.05) is 18.4 Å². The number of piperazine rings is 1. The van der Waals surface area contributed by atoms with E-state index < -0.39 is 11.9 Å². The van der Waals surface area contributed by atoms with Crippen molar-refractivity contribution in [2.24, 2.45) is 5.73 Å². The van der Waals surface area contributed by atoms with Gasteiger partial charge in [0.2, 0.25) is 17.7 Å². The molecule has 2 rings (SSSR count). The van der Waals surface area contributed by atoms with Crippen molar-refractivity contribution in [3.63, 3.8) is 0 Å². The van der Waals surface area contributed by atoms with Crippen molar-refractivity contribution < 1.29 is 14.4 Å². The van der Waals surface area contributed by atoms with E-state index in [0.29, 0.717) is 11.3 Å². The first kappa shape index (κ1) is 13.0. The van der Waals surface area contributed by atoms with Crippen LogP contribution in [0.2, 0.25) is 0 Å². The van der Waals surface area contributed by atoms with E-state index in [9.17, 15) is 14.4 Å². The third kappa shape index (κ3) is 3.29. The van der Waals surface area contributed by atoms with Crippen LogP contribution in [-0.4, -0.2) is 36.9 Å². The first-order valence-corrected chi connectivity index (χ1v) is 5.77. The fourth-order valence-electron chi connectivity index (χ4n) is 1.70. The molecule has 7 heteroatoms. The summed E-state index contributed by atoms with van der Waals surface area (Å²) in [6.07, 6.45) is 0. The number of anilines is 1. The van der Waals surface area contributed by atoms with Crippen LogP contribution in [0.1, 0.15) is 10.4 Å². The van der Waals surface area contributed by atoms with Crippen LogP contribution in [-0.2, 0) is 9.59 Å². The molecule has 0 bridgehead atoms. The Morgan fingerprint density at radius 3 is 2.47 bits per heavy atom. The maximum atomic E-state index is 11.9. The van der Waals surface area contributed by atoms with Gasteiger partial charge in [-0.1, -0.05) is 0 Å². The highest BCUT2D eigenvalue weighted by Gasteiger charge is 2.23. The molecule has 1 aromatic carbocycles. The topological polar surface area (TPSA) is 113 Å². The predicted octanol–water partition coefficient (Wildman–Crippen LogP) is -1.19. The van der Waals surface area contributed by atoms with Gasteiger partial charge in [0.05, 0.1) is 6.54 Å². The molecule has 7 nitrogen and oxygen atoms in total. The van der Waals surface area contributed by atoms with E-state index in [0.717, 1.165) is 0 Å². The van der Waals surface area contributed by atoms with Gasteiger partial charge in [-0.3, -0.25) is 19.7 Å². The fraction of sp³-hybridized carbons (Fsp3) is 0.250. The van der Waals surface area contributed by atoms with Gasteiger partial charge in [-0.25, -0.2) is 0 Å². The molecule has 1 atom stereocenters. The molecular weight excluding hydrogens is 248 g/mol. The highest BCUT2D eigenvalue weighted by molar-refractivity contribution is 5.97. The molecular formula is C12H14N4O3. The van der Waals surface area contributed by atoms with E-state index in [1.165, 1.54) is 12.1 Å². The molecule has 1 aromatic rings. The van der Waals surface area contributed by atoms with Gasteiger partial charge in [0.1, 0.15) is 6.04 Å². The van der Waals surface area contributed by atoms with Gasteiger partial charge in [0.15, 0.2) is 0 Å². The lowest BCUT2D eigenvalue weighted by molar-refractivity contribution is -0.124. The number of nitrogens with two attached hydrogens (primary N) is 1. The maximum absolute atomic E-state index is 11.9. The summed E-state index contributed by atoms with van der Waals surface area (Å²) in [5, 5.41) is 8.11. The summed E-state index contributed by atoms with van der Waals surface area (Å²) in [4.78, 5) is 33.7. The highest BCUT2D eigenvalue weighted by atomic mass is 16.2. The van der Waals surface area contributed by atoms with Gasteiger partial charge in [-0.05, 0) is 24.3 Å². The predicted molar refractivity (Wildman–Crippen MR) is 68.4 cm³/mol. The van der Waals surface area contributed by atoms with E-state index in [4.69, 9.17) is 5.73 Å². The second-order valence-electron chi connectivity index (χ2n) is 4.17. The Kier molecular flexibility index (Phi) is 3.76. The molecule has 5 N–H and O–H groups in total. The Morgan fingerprint density at radius 2 is 1.95 bits per heavy atom. The zero-order valence-corrected chi connectivity index (χ0v) is 10.1. The number of hydrogen-bond donors (Lipinski definition) is 4. The van der Waals surface area contributed by atoms with Gasteiger partial charge in [-0.15, -0.1) is 0 Å². The molecule has 0 aromatic heterocycles. The van der Waals surface area contributed by atoms with Crippen LogP contribution in [0.15, 0.2) is 24.3 Å². The van der Waals surface area contributed by atoms with Gasteiger partial charge >= 0.3 is 0 Å². The molecule has 0 aliphatic carbocycles. The normalized spacial score (nSPS) is 18.5. The van der Waals surface area contributed by atoms with Gasteiger partial charge < -0.3 is 16.4 Å². The fourth-order valence-corrected chi connectivity index (χ4v) is 1.70. The van der Waals surface area contributed by atoms with Crippen LogP contribution < -0.4 is 21.7 Å². The second kappa shape index (κ2) is 5.49. The zero-order valence-electron chi connectivity index (χ0n) is 10.1. The van der Waals surface area contributed by atoms with E-state index in [-0.39, 0.29) is 24.9 Å². The summed E-state index contributed by atoms with van der Waals surface area (Å²) < 4.78 is 0. The summed E-state index contributed by atoms with van der Waals surface area (Å²) in [5.74, 6) is -0.892. The van der Waals surface area contributed by atoms with Crippen molar-refractivity contribution in [2.45, 2.75) is 6.04 Å². The van der Waals surface area contributed by atoms with Crippen LogP contribution >= 0.6 is 0 Å². The Morgan fingerprint density at radius 1 is 1.26 bits per heavy atom. The smallest absolute Gasteiger partial charge is 0.248 e. The molecule has 19 heavy (non-hydrogen) atoms. The van der Waals surface area contributed by atoms with Crippen molar-refractivity contribution in [1.29, 1.82) is 0 Å². The summed E-state index contributed by atoms with van der Waals surface area (Å²) in [7, 11) is 0. The number of carbonyl (C=O) groups is 3. The summed E-state index contributed by atoms with van der Waals surface area (Å²) in [5.41, 5.74) is 6.06. The Labute approximate surface area is 109 Å². The Balaban J connectivity index is 1.95. The minimum Gasteiger partial charge on any atom is -0.366 e. The third-order valence-corrected chi connectivity index (χ3v) is 2.77. The highest BCUT2D eigenvalue weighted by Crippen LogP contribution is 2.09. The molecule has 0 radical (unpaired) electrons. The molecule has 3 amide bonds. The lowest BCUT2D eigenvalue weighted by Crippen LogP contribution is -2.56.